The number of aromatic nitrogens is 1. The van der Waals surface area contributed by atoms with Crippen LogP contribution >= 0.6 is 0 Å². The standard InChI is InChI=1S/C23H25N3O3/c1-28-21-12-19(24-14-21)13-25-23(27)17-7-10-20(11-8-17)29-15-18-9-6-16-4-2-3-5-22(16)26-18/h2-11,19,21,24H,12-15H2,1H3,(H,25,27). The number of fused-ring (bicyclic) bond motifs is 1. The average molecular weight is 391 g/mol. The predicted octanol–water partition coefficient (Wildman–Crippen LogP) is 2.92. The topological polar surface area (TPSA) is 72.5 Å². The first-order chi connectivity index (χ1) is 14.2. The van der Waals surface area contributed by atoms with Gasteiger partial charge in [-0.1, -0.05) is 24.3 Å². The predicted molar refractivity (Wildman–Crippen MR) is 112 cm³/mol. The van der Waals surface area contributed by atoms with Crippen LogP contribution in [-0.4, -0.2) is 43.2 Å². The third-order valence-electron chi connectivity index (χ3n) is 5.18. The van der Waals surface area contributed by atoms with Crippen molar-refractivity contribution >= 4 is 16.8 Å². The zero-order valence-electron chi connectivity index (χ0n) is 16.4. The highest BCUT2D eigenvalue weighted by Gasteiger charge is 2.23. The van der Waals surface area contributed by atoms with Crippen LogP contribution < -0.4 is 15.4 Å². The maximum Gasteiger partial charge on any atom is 0.251 e. The van der Waals surface area contributed by atoms with E-state index >= 15 is 0 Å². The van der Waals surface area contributed by atoms with Crippen LogP contribution in [0.5, 0.6) is 5.75 Å². The molecule has 3 aromatic rings. The monoisotopic (exact) mass is 391 g/mol. The van der Waals surface area contributed by atoms with Crippen LogP contribution in [0.1, 0.15) is 22.5 Å². The number of ether oxygens (including phenoxy) is 2. The van der Waals surface area contributed by atoms with Crippen LogP contribution in [0.15, 0.2) is 60.7 Å². The summed E-state index contributed by atoms with van der Waals surface area (Å²) in [6.07, 6.45) is 1.14. The molecule has 2 unspecified atom stereocenters. The van der Waals surface area contributed by atoms with Gasteiger partial charge in [0.15, 0.2) is 0 Å². The van der Waals surface area contributed by atoms with E-state index in [4.69, 9.17) is 9.47 Å². The van der Waals surface area contributed by atoms with E-state index in [1.807, 2.05) is 48.5 Å². The lowest BCUT2D eigenvalue weighted by Crippen LogP contribution is -2.37. The van der Waals surface area contributed by atoms with Gasteiger partial charge in [-0.05, 0) is 42.8 Å². The Hall–Kier alpha value is -2.96. The highest BCUT2D eigenvalue weighted by Crippen LogP contribution is 2.16. The van der Waals surface area contributed by atoms with E-state index in [9.17, 15) is 4.79 Å². The Morgan fingerprint density at radius 1 is 1.14 bits per heavy atom. The minimum absolute atomic E-state index is 0.0876. The normalized spacial score (nSPS) is 18.7. The number of carbonyl (C=O) groups excluding carboxylic acids is 1. The van der Waals surface area contributed by atoms with E-state index in [-0.39, 0.29) is 18.1 Å². The molecule has 6 nitrogen and oxygen atoms in total. The number of hydrogen-bond acceptors (Lipinski definition) is 5. The van der Waals surface area contributed by atoms with Crippen molar-refractivity contribution in [2.75, 3.05) is 20.2 Å². The fourth-order valence-corrected chi connectivity index (χ4v) is 3.48. The molecular formula is C23H25N3O3. The van der Waals surface area contributed by atoms with Crippen molar-refractivity contribution in [1.29, 1.82) is 0 Å². The minimum Gasteiger partial charge on any atom is -0.487 e. The van der Waals surface area contributed by atoms with Gasteiger partial charge in [-0.15, -0.1) is 0 Å². The number of nitrogens with zero attached hydrogens (tertiary/aromatic N) is 1. The minimum atomic E-state index is -0.0876. The lowest BCUT2D eigenvalue weighted by molar-refractivity contribution is 0.0946. The molecule has 1 aliphatic heterocycles. The number of para-hydroxylation sites is 1. The summed E-state index contributed by atoms with van der Waals surface area (Å²) in [5.74, 6) is 0.618. The third-order valence-corrected chi connectivity index (χ3v) is 5.18. The molecule has 1 fully saturated rings. The highest BCUT2D eigenvalue weighted by molar-refractivity contribution is 5.94. The van der Waals surface area contributed by atoms with Gasteiger partial charge >= 0.3 is 0 Å². The molecule has 150 valence electrons. The Balaban J connectivity index is 1.28. The van der Waals surface area contributed by atoms with Crippen LogP contribution in [0.4, 0.5) is 0 Å². The van der Waals surface area contributed by atoms with E-state index in [2.05, 4.69) is 15.6 Å². The molecule has 0 aliphatic carbocycles. The molecule has 2 N–H and O–H groups in total. The Bertz CT molecular complexity index is 975. The zero-order valence-corrected chi connectivity index (χ0v) is 16.4. The van der Waals surface area contributed by atoms with Crippen molar-refractivity contribution in [2.45, 2.75) is 25.2 Å². The van der Waals surface area contributed by atoms with Crippen molar-refractivity contribution in [1.82, 2.24) is 15.6 Å². The van der Waals surface area contributed by atoms with Gasteiger partial charge in [0.05, 0.1) is 17.3 Å². The average Bonchev–Trinajstić information content (AvgIpc) is 3.24. The van der Waals surface area contributed by atoms with Crippen molar-refractivity contribution < 1.29 is 14.3 Å². The summed E-state index contributed by atoms with van der Waals surface area (Å²) in [4.78, 5) is 17.0. The van der Waals surface area contributed by atoms with Crippen LogP contribution in [0.3, 0.4) is 0 Å². The lowest BCUT2D eigenvalue weighted by Gasteiger charge is -2.12. The maximum absolute atomic E-state index is 12.3. The molecule has 2 aromatic carbocycles. The van der Waals surface area contributed by atoms with Crippen molar-refractivity contribution in [3.63, 3.8) is 0 Å². The lowest BCUT2D eigenvalue weighted by atomic mass is 10.1. The molecule has 1 aliphatic rings. The van der Waals surface area contributed by atoms with Crippen LogP contribution in [0.25, 0.3) is 10.9 Å². The van der Waals surface area contributed by atoms with Crippen molar-refractivity contribution in [2.24, 2.45) is 0 Å². The second-order valence-corrected chi connectivity index (χ2v) is 7.22. The number of amides is 1. The molecule has 2 atom stereocenters. The maximum atomic E-state index is 12.3. The molecule has 0 radical (unpaired) electrons. The second kappa shape index (κ2) is 9.03. The first kappa shape index (κ1) is 19.4. The quantitative estimate of drug-likeness (QED) is 0.648. The summed E-state index contributed by atoms with van der Waals surface area (Å²) in [5, 5.41) is 7.43. The van der Waals surface area contributed by atoms with E-state index in [0.29, 0.717) is 24.5 Å². The smallest absolute Gasteiger partial charge is 0.251 e. The van der Waals surface area contributed by atoms with Gasteiger partial charge in [0.1, 0.15) is 12.4 Å². The van der Waals surface area contributed by atoms with Gasteiger partial charge < -0.3 is 20.1 Å². The zero-order chi connectivity index (χ0) is 20.1. The van der Waals surface area contributed by atoms with E-state index < -0.39 is 0 Å². The highest BCUT2D eigenvalue weighted by atomic mass is 16.5. The van der Waals surface area contributed by atoms with E-state index in [0.717, 1.165) is 29.6 Å². The molecule has 0 spiro atoms. The van der Waals surface area contributed by atoms with Crippen molar-refractivity contribution in [3.05, 3.63) is 71.9 Å². The van der Waals surface area contributed by atoms with Crippen LogP contribution in [0.2, 0.25) is 0 Å². The van der Waals surface area contributed by atoms with E-state index in [1.165, 1.54) is 0 Å². The van der Waals surface area contributed by atoms with Crippen molar-refractivity contribution in [3.8, 4) is 5.75 Å². The van der Waals surface area contributed by atoms with Gasteiger partial charge in [-0.25, -0.2) is 4.98 Å². The van der Waals surface area contributed by atoms with Crippen LogP contribution in [-0.2, 0) is 11.3 Å². The molecule has 1 aromatic heterocycles. The SMILES string of the molecule is COC1CNC(CNC(=O)c2ccc(OCc3ccc4ccccc4n3)cc2)C1. The summed E-state index contributed by atoms with van der Waals surface area (Å²) in [6.45, 7) is 1.80. The van der Waals surface area contributed by atoms with Crippen LogP contribution in [0, 0.1) is 0 Å². The molecule has 4 rings (SSSR count). The summed E-state index contributed by atoms with van der Waals surface area (Å²) in [7, 11) is 1.72. The molecule has 1 saturated heterocycles. The summed E-state index contributed by atoms with van der Waals surface area (Å²) < 4.78 is 11.2. The first-order valence-corrected chi connectivity index (χ1v) is 9.83. The molecular weight excluding hydrogens is 366 g/mol. The van der Waals surface area contributed by atoms with Gasteiger partial charge in [0, 0.05) is 37.2 Å². The summed E-state index contributed by atoms with van der Waals surface area (Å²) in [5.41, 5.74) is 2.43. The molecule has 1 amide bonds. The summed E-state index contributed by atoms with van der Waals surface area (Å²) >= 11 is 0. The van der Waals surface area contributed by atoms with Gasteiger partial charge in [0.2, 0.25) is 0 Å². The Labute approximate surface area is 170 Å². The molecule has 29 heavy (non-hydrogen) atoms. The second-order valence-electron chi connectivity index (χ2n) is 7.22. The molecule has 0 saturated carbocycles. The Morgan fingerprint density at radius 3 is 2.76 bits per heavy atom. The number of methoxy groups -OCH3 is 1. The van der Waals surface area contributed by atoms with Gasteiger partial charge in [-0.2, -0.15) is 0 Å². The Morgan fingerprint density at radius 2 is 1.97 bits per heavy atom. The molecule has 6 heteroatoms. The summed E-state index contributed by atoms with van der Waals surface area (Å²) in [6, 6.07) is 19.4. The molecule has 2 heterocycles. The van der Waals surface area contributed by atoms with E-state index in [1.54, 1.807) is 19.2 Å². The fourth-order valence-electron chi connectivity index (χ4n) is 3.48. The van der Waals surface area contributed by atoms with Gasteiger partial charge in [0.25, 0.3) is 5.91 Å². The third kappa shape index (κ3) is 4.91. The fraction of sp³-hybridized carbons (Fsp3) is 0.304. The Kier molecular flexibility index (Phi) is 6.03. The largest absolute Gasteiger partial charge is 0.487 e. The number of pyridine rings is 1. The number of rotatable bonds is 7. The number of benzene rings is 2. The molecule has 0 bridgehead atoms. The van der Waals surface area contributed by atoms with Gasteiger partial charge in [-0.3, -0.25) is 4.79 Å². The first-order valence-electron chi connectivity index (χ1n) is 9.83. The number of carbonyl (C=O) groups is 1. The number of nitrogens with one attached hydrogen (secondary N) is 2. The number of hydrogen-bond donors (Lipinski definition) is 2.